The summed E-state index contributed by atoms with van der Waals surface area (Å²) >= 11 is 1.36. The van der Waals surface area contributed by atoms with Crippen molar-refractivity contribution in [2.24, 2.45) is 0 Å². The Hall–Kier alpha value is -3.65. The van der Waals surface area contributed by atoms with Crippen molar-refractivity contribution in [3.05, 3.63) is 75.2 Å². The van der Waals surface area contributed by atoms with Gasteiger partial charge in [0.05, 0.1) is 31.8 Å². The Balaban J connectivity index is 1.86. The lowest BCUT2D eigenvalue weighted by Crippen LogP contribution is -2.00. The molecule has 0 aliphatic heterocycles. The van der Waals surface area contributed by atoms with Crippen LogP contribution in [0.15, 0.2) is 54.6 Å². The summed E-state index contributed by atoms with van der Waals surface area (Å²) < 4.78 is 15.8. The fourth-order valence-electron chi connectivity index (χ4n) is 2.91. The largest absolute Gasteiger partial charge is 0.493 e. The third-order valence-corrected chi connectivity index (χ3v) is 5.42. The third kappa shape index (κ3) is 4.33. The van der Waals surface area contributed by atoms with Crippen LogP contribution in [0.2, 0.25) is 0 Å². The molecule has 7 nitrogen and oxygen atoms in total. The molecule has 0 saturated carbocycles. The van der Waals surface area contributed by atoms with Crippen LogP contribution in [-0.4, -0.2) is 32.0 Å². The summed E-state index contributed by atoms with van der Waals surface area (Å²) in [5, 5.41) is 11.2. The summed E-state index contributed by atoms with van der Waals surface area (Å²) in [5.74, 6) is 0.953. The van der Waals surface area contributed by atoms with Gasteiger partial charge in [0.25, 0.3) is 5.69 Å². The van der Waals surface area contributed by atoms with Gasteiger partial charge in [-0.3, -0.25) is 14.9 Å². The van der Waals surface area contributed by atoms with Crippen LogP contribution in [0, 0.1) is 10.1 Å². The van der Waals surface area contributed by atoms with Crippen LogP contribution < -0.4 is 14.2 Å². The molecule has 3 rings (SSSR count). The molecule has 0 atom stereocenters. The lowest BCUT2D eigenvalue weighted by Gasteiger charge is -2.13. The molecule has 0 fully saturated rings. The number of nitro benzene ring substituents is 1. The average molecular weight is 425 g/mol. The minimum absolute atomic E-state index is 0.0448. The summed E-state index contributed by atoms with van der Waals surface area (Å²) in [4.78, 5) is 25.0. The zero-order valence-electron chi connectivity index (χ0n) is 16.6. The molecule has 0 spiro atoms. The normalized spacial score (nSPS) is 10.8. The lowest BCUT2D eigenvalue weighted by molar-refractivity contribution is -0.384. The predicted molar refractivity (Wildman–Crippen MR) is 116 cm³/mol. The number of nitrogens with zero attached hydrogens (tertiary/aromatic N) is 1. The van der Waals surface area contributed by atoms with E-state index >= 15 is 0 Å². The van der Waals surface area contributed by atoms with Crippen molar-refractivity contribution in [2.45, 2.75) is 0 Å². The number of benzene rings is 2. The van der Waals surface area contributed by atoms with E-state index in [9.17, 15) is 14.9 Å². The van der Waals surface area contributed by atoms with Gasteiger partial charge in [-0.1, -0.05) is 12.1 Å². The summed E-state index contributed by atoms with van der Waals surface area (Å²) in [7, 11) is 4.46. The molecule has 8 heteroatoms. The molecule has 3 aromatic rings. The molecule has 0 bridgehead atoms. The van der Waals surface area contributed by atoms with Gasteiger partial charge >= 0.3 is 0 Å². The van der Waals surface area contributed by atoms with Gasteiger partial charge in [-0.05, 0) is 42.5 Å². The number of methoxy groups -OCH3 is 3. The van der Waals surface area contributed by atoms with Gasteiger partial charge in [0, 0.05) is 21.4 Å². The highest BCUT2D eigenvalue weighted by atomic mass is 32.1. The van der Waals surface area contributed by atoms with E-state index in [1.54, 1.807) is 42.5 Å². The second-order valence-electron chi connectivity index (χ2n) is 6.09. The molecular formula is C22H19NO6S. The molecule has 1 aromatic heterocycles. The van der Waals surface area contributed by atoms with Crippen molar-refractivity contribution < 1.29 is 23.9 Å². The number of hydrogen-bond acceptors (Lipinski definition) is 7. The fourth-order valence-corrected chi connectivity index (χ4v) is 3.85. The molecule has 2 aromatic carbocycles. The quantitative estimate of drug-likeness (QED) is 0.212. The van der Waals surface area contributed by atoms with Gasteiger partial charge in [-0.15, -0.1) is 11.3 Å². The molecule has 1 heterocycles. The molecular weight excluding hydrogens is 406 g/mol. The van der Waals surface area contributed by atoms with Gasteiger partial charge in [-0.25, -0.2) is 0 Å². The van der Waals surface area contributed by atoms with Crippen LogP contribution in [-0.2, 0) is 0 Å². The highest BCUT2D eigenvalue weighted by molar-refractivity contribution is 7.16. The fraction of sp³-hybridized carbons (Fsp3) is 0.136. The minimum Gasteiger partial charge on any atom is -0.493 e. The van der Waals surface area contributed by atoms with Crippen LogP contribution >= 0.6 is 11.3 Å². The number of carbonyl (C=O) groups excluding carboxylic acids is 1. The number of ketones is 1. The highest BCUT2D eigenvalue weighted by Crippen LogP contribution is 2.38. The minimum atomic E-state index is -0.404. The van der Waals surface area contributed by atoms with E-state index in [0.717, 1.165) is 9.75 Å². The van der Waals surface area contributed by atoms with Crippen LogP contribution in [0.1, 0.15) is 15.2 Å². The number of thiophene rings is 1. The van der Waals surface area contributed by atoms with Crippen molar-refractivity contribution in [2.75, 3.05) is 21.3 Å². The first-order valence-electron chi connectivity index (χ1n) is 8.84. The second kappa shape index (κ2) is 9.23. The Kier molecular flexibility index (Phi) is 6.48. The molecule has 0 amide bonds. The van der Waals surface area contributed by atoms with Crippen LogP contribution in [0.3, 0.4) is 0 Å². The Labute approximate surface area is 177 Å². The van der Waals surface area contributed by atoms with Crippen molar-refractivity contribution in [3.63, 3.8) is 0 Å². The van der Waals surface area contributed by atoms with Crippen LogP contribution in [0.5, 0.6) is 17.2 Å². The Bertz CT molecular complexity index is 1090. The average Bonchev–Trinajstić information content (AvgIpc) is 3.25. The third-order valence-electron chi connectivity index (χ3n) is 4.34. The second-order valence-corrected chi connectivity index (χ2v) is 7.20. The standard InChI is InChI=1S/C22H19NO6S/c1-27-19-12-14(13-20(28-2)22(19)29-3)18(24)10-8-15-9-11-21(30-15)16-6-4-5-7-17(16)23(25)26/h4-13H,1-3H3/b10-8+. The van der Waals surface area contributed by atoms with Gasteiger partial charge in [0.15, 0.2) is 17.3 Å². The predicted octanol–water partition coefficient (Wildman–Crippen LogP) is 5.25. The number of nitro groups is 1. The SMILES string of the molecule is COc1cc(C(=O)/C=C/c2ccc(-c3ccccc3[N+](=O)[O-])s2)cc(OC)c1OC. The summed E-state index contributed by atoms with van der Waals surface area (Å²) in [5.41, 5.74) is 0.975. The van der Waals surface area contributed by atoms with Crippen LogP contribution in [0.4, 0.5) is 5.69 Å². The van der Waals surface area contributed by atoms with Crippen molar-refractivity contribution in [1.29, 1.82) is 0 Å². The van der Waals surface area contributed by atoms with Crippen molar-refractivity contribution in [1.82, 2.24) is 0 Å². The van der Waals surface area contributed by atoms with E-state index < -0.39 is 4.92 Å². The van der Waals surface area contributed by atoms with E-state index in [2.05, 4.69) is 0 Å². The molecule has 0 unspecified atom stereocenters. The topological polar surface area (TPSA) is 87.9 Å². The number of rotatable bonds is 8. The van der Waals surface area contributed by atoms with E-state index in [4.69, 9.17) is 14.2 Å². The first-order chi connectivity index (χ1) is 14.5. The first kappa shape index (κ1) is 21.1. The molecule has 154 valence electrons. The highest BCUT2D eigenvalue weighted by Gasteiger charge is 2.17. The van der Waals surface area contributed by atoms with Gasteiger partial charge in [0.2, 0.25) is 5.75 Å². The molecule has 0 aliphatic rings. The number of allylic oxidation sites excluding steroid dienone is 1. The number of ether oxygens (including phenoxy) is 3. The zero-order chi connectivity index (χ0) is 21.7. The lowest BCUT2D eigenvalue weighted by atomic mass is 10.1. The molecule has 0 aliphatic carbocycles. The first-order valence-corrected chi connectivity index (χ1v) is 9.66. The van der Waals surface area contributed by atoms with Gasteiger partial charge in [0.1, 0.15) is 0 Å². The van der Waals surface area contributed by atoms with Crippen molar-refractivity contribution in [3.8, 4) is 27.7 Å². The number of para-hydroxylation sites is 1. The number of hydrogen-bond donors (Lipinski definition) is 0. The van der Waals surface area contributed by atoms with Crippen molar-refractivity contribution >= 4 is 28.9 Å². The zero-order valence-corrected chi connectivity index (χ0v) is 17.4. The molecule has 0 radical (unpaired) electrons. The smallest absolute Gasteiger partial charge is 0.278 e. The van der Waals surface area contributed by atoms with Gasteiger partial charge < -0.3 is 14.2 Å². The summed E-state index contributed by atoms with van der Waals surface area (Å²) in [6, 6.07) is 13.4. The maximum atomic E-state index is 12.7. The van der Waals surface area contributed by atoms with Crippen LogP contribution in [0.25, 0.3) is 16.5 Å². The van der Waals surface area contributed by atoms with E-state index in [1.807, 2.05) is 6.07 Å². The molecule has 0 N–H and O–H groups in total. The Morgan fingerprint density at radius 1 is 1.00 bits per heavy atom. The summed E-state index contributed by atoms with van der Waals surface area (Å²) in [6.45, 7) is 0. The van der Waals surface area contributed by atoms with E-state index in [-0.39, 0.29) is 11.5 Å². The maximum Gasteiger partial charge on any atom is 0.278 e. The molecule has 30 heavy (non-hydrogen) atoms. The Morgan fingerprint density at radius 3 is 2.27 bits per heavy atom. The van der Waals surface area contributed by atoms with E-state index in [0.29, 0.717) is 28.4 Å². The monoisotopic (exact) mass is 425 g/mol. The summed E-state index contributed by atoms with van der Waals surface area (Å²) in [6.07, 6.45) is 3.12. The molecule has 0 saturated heterocycles. The Morgan fingerprint density at radius 2 is 1.67 bits per heavy atom. The number of carbonyl (C=O) groups is 1. The van der Waals surface area contributed by atoms with Gasteiger partial charge in [-0.2, -0.15) is 0 Å². The maximum absolute atomic E-state index is 12.7. The van der Waals surface area contributed by atoms with E-state index in [1.165, 1.54) is 44.8 Å².